The molecule has 0 saturated heterocycles. The zero-order valence-corrected chi connectivity index (χ0v) is 21.2. The molecule has 0 aliphatic carbocycles. The predicted molar refractivity (Wildman–Crippen MR) is 139 cm³/mol. The van der Waals surface area contributed by atoms with Crippen molar-refractivity contribution in [3.63, 3.8) is 0 Å². The molecule has 0 atom stereocenters. The zero-order chi connectivity index (χ0) is 24.4. The van der Waals surface area contributed by atoms with Crippen molar-refractivity contribution in [2.75, 3.05) is 6.61 Å². The zero-order valence-electron chi connectivity index (χ0n) is 21.2. The Balaban J connectivity index is 2.06. The van der Waals surface area contributed by atoms with Crippen molar-refractivity contribution in [1.82, 2.24) is 0 Å². The van der Waals surface area contributed by atoms with Crippen molar-refractivity contribution < 1.29 is 19.1 Å². The van der Waals surface area contributed by atoms with Gasteiger partial charge in [-0.3, -0.25) is 0 Å². The van der Waals surface area contributed by atoms with Crippen LogP contribution in [-0.2, 0) is 11.2 Å². The number of ether oxygens (including phenoxy) is 2. The van der Waals surface area contributed by atoms with E-state index in [2.05, 4.69) is 13.8 Å². The van der Waals surface area contributed by atoms with Gasteiger partial charge in [-0.15, -0.1) is 0 Å². The van der Waals surface area contributed by atoms with Gasteiger partial charge >= 0.3 is 11.9 Å². The van der Waals surface area contributed by atoms with Crippen LogP contribution < -0.4 is 4.74 Å². The summed E-state index contributed by atoms with van der Waals surface area (Å²) < 4.78 is 11.2. The molecule has 0 N–H and O–H groups in total. The van der Waals surface area contributed by atoms with Crippen LogP contribution in [0.5, 0.6) is 5.75 Å². The fourth-order valence-corrected chi connectivity index (χ4v) is 4.09. The van der Waals surface area contributed by atoms with Gasteiger partial charge in [-0.1, -0.05) is 108 Å². The third-order valence-electron chi connectivity index (χ3n) is 6.06. The first-order chi connectivity index (χ1) is 16.7. The lowest BCUT2D eigenvalue weighted by molar-refractivity contribution is 0.0489. The van der Waals surface area contributed by atoms with E-state index >= 15 is 0 Å². The lowest BCUT2D eigenvalue weighted by Crippen LogP contribution is -2.19. The van der Waals surface area contributed by atoms with E-state index in [9.17, 15) is 9.59 Å². The number of carbonyl (C=O) groups is 2. The minimum atomic E-state index is -0.501. The Labute approximate surface area is 206 Å². The third-order valence-corrected chi connectivity index (χ3v) is 6.06. The van der Waals surface area contributed by atoms with Crippen LogP contribution in [-0.4, -0.2) is 18.5 Å². The number of benzene rings is 2. The smallest absolute Gasteiger partial charge is 0.344 e. The maximum Gasteiger partial charge on any atom is 0.344 e. The van der Waals surface area contributed by atoms with Gasteiger partial charge in [0.25, 0.3) is 0 Å². The molecule has 2 aromatic carbocycles. The molecule has 186 valence electrons. The highest BCUT2D eigenvalue weighted by Crippen LogP contribution is 2.22. The minimum Gasteiger partial charge on any atom is -0.462 e. The quantitative estimate of drug-likeness (QED) is 0.134. The first-order valence-electron chi connectivity index (χ1n) is 13.2. The molecule has 4 heteroatoms. The Kier molecular flexibility index (Phi) is 13.7. The summed E-state index contributed by atoms with van der Waals surface area (Å²) in [7, 11) is 0. The Morgan fingerprint density at radius 2 is 1.26 bits per heavy atom. The summed E-state index contributed by atoms with van der Waals surface area (Å²) in [5.41, 5.74) is 1.49. The Hall–Kier alpha value is -2.62. The molecule has 0 saturated carbocycles. The van der Waals surface area contributed by atoms with E-state index in [0.29, 0.717) is 23.5 Å². The number of rotatable bonds is 17. The van der Waals surface area contributed by atoms with Gasteiger partial charge in [-0.25, -0.2) is 9.59 Å². The van der Waals surface area contributed by atoms with Gasteiger partial charge in [-0.05, 0) is 43.0 Å². The van der Waals surface area contributed by atoms with Gasteiger partial charge < -0.3 is 9.47 Å². The van der Waals surface area contributed by atoms with Crippen LogP contribution >= 0.6 is 0 Å². The van der Waals surface area contributed by atoms with Gasteiger partial charge in [0.1, 0.15) is 5.75 Å². The van der Waals surface area contributed by atoms with Crippen molar-refractivity contribution in [2.45, 2.75) is 97.3 Å². The molecule has 0 amide bonds. The molecule has 0 radical (unpaired) electrons. The average molecular weight is 467 g/mol. The molecule has 0 aliphatic heterocycles. The average Bonchev–Trinajstić information content (AvgIpc) is 2.85. The number of esters is 2. The van der Waals surface area contributed by atoms with Gasteiger partial charge in [0.05, 0.1) is 17.7 Å². The number of para-hydroxylation sites is 1. The van der Waals surface area contributed by atoms with Crippen LogP contribution in [0.1, 0.15) is 117 Å². The molecule has 0 fully saturated rings. The second kappa shape index (κ2) is 16.9. The SMILES string of the molecule is CCCCCCCCOC(=O)c1cccc(CCCCCCCC)c1C(=O)Oc1ccccc1. The summed E-state index contributed by atoms with van der Waals surface area (Å²) >= 11 is 0. The van der Waals surface area contributed by atoms with Crippen LogP contribution in [0, 0.1) is 0 Å². The molecule has 0 aromatic heterocycles. The number of hydrogen-bond acceptors (Lipinski definition) is 4. The Bertz CT molecular complexity index is 844. The summed E-state index contributed by atoms with van der Waals surface area (Å²) in [5, 5.41) is 0. The highest BCUT2D eigenvalue weighted by Gasteiger charge is 2.23. The van der Waals surface area contributed by atoms with Crippen LogP contribution in [0.4, 0.5) is 0 Å². The molecule has 34 heavy (non-hydrogen) atoms. The maximum atomic E-state index is 13.2. The second-order valence-corrected chi connectivity index (χ2v) is 8.96. The van der Waals surface area contributed by atoms with Crippen LogP contribution in [0.25, 0.3) is 0 Å². The lowest BCUT2D eigenvalue weighted by atomic mass is 9.96. The highest BCUT2D eigenvalue weighted by atomic mass is 16.5. The fraction of sp³-hybridized carbons (Fsp3) is 0.533. The maximum absolute atomic E-state index is 13.2. The molecule has 2 aromatic rings. The summed E-state index contributed by atoms with van der Waals surface area (Å²) in [4.78, 5) is 26.1. The van der Waals surface area contributed by atoms with Crippen molar-refractivity contribution in [3.8, 4) is 5.75 Å². The molecule has 0 spiro atoms. The number of hydrogen-bond donors (Lipinski definition) is 0. The molecule has 0 aliphatic rings. The number of aryl methyl sites for hydroxylation is 1. The molecular weight excluding hydrogens is 424 g/mol. The van der Waals surface area contributed by atoms with Crippen molar-refractivity contribution in [1.29, 1.82) is 0 Å². The van der Waals surface area contributed by atoms with Gasteiger partial charge in [0, 0.05) is 0 Å². The van der Waals surface area contributed by atoms with E-state index in [0.717, 1.165) is 44.1 Å². The van der Waals surface area contributed by atoms with Crippen LogP contribution in [0.3, 0.4) is 0 Å². The highest BCUT2D eigenvalue weighted by molar-refractivity contribution is 6.04. The second-order valence-electron chi connectivity index (χ2n) is 8.96. The molecule has 2 rings (SSSR count). The van der Waals surface area contributed by atoms with Crippen LogP contribution in [0.15, 0.2) is 48.5 Å². The predicted octanol–water partition coefficient (Wildman–Crippen LogP) is 8.33. The van der Waals surface area contributed by atoms with Crippen LogP contribution in [0.2, 0.25) is 0 Å². The van der Waals surface area contributed by atoms with Crippen molar-refractivity contribution >= 4 is 11.9 Å². The summed E-state index contributed by atoms with van der Waals surface area (Å²) in [6.07, 6.45) is 14.5. The Morgan fingerprint density at radius 1 is 0.647 bits per heavy atom. The molecule has 0 unspecified atom stereocenters. The third kappa shape index (κ3) is 10.1. The topological polar surface area (TPSA) is 52.6 Å². The monoisotopic (exact) mass is 466 g/mol. The fourth-order valence-electron chi connectivity index (χ4n) is 4.09. The summed E-state index contributed by atoms with van der Waals surface area (Å²) in [6, 6.07) is 14.4. The Morgan fingerprint density at radius 3 is 1.94 bits per heavy atom. The van der Waals surface area contributed by atoms with E-state index < -0.39 is 11.9 Å². The normalized spacial score (nSPS) is 10.8. The summed E-state index contributed by atoms with van der Waals surface area (Å²) in [6.45, 7) is 4.78. The minimum absolute atomic E-state index is 0.301. The van der Waals surface area contributed by atoms with Crippen molar-refractivity contribution in [2.24, 2.45) is 0 Å². The number of carbonyl (C=O) groups excluding carboxylic acids is 2. The van der Waals surface area contributed by atoms with E-state index in [1.54, 1.807) is 18.2 Å². The van der Waals surface area contributed by atoms with Gasteiger partial charge in [0.15, 0.2) is 0 Å². The van der Waals surface area contributed by atoms with E-state index in [1.807, 2.05) is 30.3 Å². The van der Waals surface area contributed by atoms with E-state index in [4.69, 9.17) is 9.47 Å². The standard InChI is InChI=1S/C30H42O4/c1-3-5-7-9-11-14-19-25-20-18-23-27(29(31)33-24-17-12-10-8-6-4-2)28(25)30(32)34-26-21-15-13-16-22-26/h13,15-16,18,20-23H,3-12,14,17,19,24H2,1-2H3. The largest absolute Gasteiger partial charge is 0.462 e. The van der Waals surface area contributed by atoms with Crippen molar-refractivity contribution in [3.05, 3.63) is 65.2 Å². The molecular formula is C30H42O4. The molecule has 0 heterocycles. The van der Waals surface area contributed by atoms with Gasteiger partial charge in [0.2, 0.25) is 0 Å². The summed E-state index contributed by atoms with van der Waals surface area (Å²) in [5.74, 6) is -0.481. The van der Waals surface area contributed by atoms with E-state index in [-0.39, 0.29) is 0 Å². The molecule has 0 bridgehead atoms. The lowest BCUT2D eigenvalue weighted by Gasteiger charge is -2.14. The van der Waals surface area contributed by atoms with Gasteiger partial charge in [-0.2, -0.15) is 0 Å². The first-order valence-corrected chi connectivity index (χ1v) is 13.2. The molecule has 4 nitrogen and oxygen atoms in total. The first kappa shape index (κ1) is 27.6. The van der Waals surface area contributed by atoms with E-state index in [1.165, 1.54) is 44.9 Å². The number of unbranched alkanes of at least 4 members (excludes halogenated alkanes) is 10.